The maximum Gasteiger partial charge on any atom is 0.254 e. The summed E-state index contributed by atoms with van der Waals surface area (Å²) in [5, 5.41) is 11.9. The van der Waals surface area contributed by atoms with Crippen LogP contribution >= 0.6 is 11.8 Å². The summed E-state index contributed by atoms with van der Waals surface area (Å²) in [6.07, 6.45) is 1.89. The second-order valence-electron chi connectivity index (χ2n) is 5.33. The van der Waals surface area contributed by atoms with E-state index in [1.54, 1.807) is 17.0 Å². The Hall–Kier alpha value is -1.53. The molecule has 0 aliphatic carbocycles. The summed E-state index contributed by atoms with van der Waals surface area (Å²) in [6, 6.07) is 5.39. The van der Waals surface area contributed by atoms with Crippen molar-refractivity contribution >= 4 is 29.3 Å². The Bertz CT molecular complexity index is 562. The van der Waals surface area contributed by atoms with Gasteiger partial charge < -0.3 is 15.3 Å². The molecule has 0 fully saturated rings. The topological polar surface area (TPSA) is 69.6 Å². The van der Waals surface area contributed by atoms with Crippen LogP contribution in [0.25, 0.3) is 0 Å². The lowest BCUT2D eigenvalue weighted by Crippen LogP contribution is -2.34. The summed E-state index contributed by atoms with van der Waals surface area (Å²) in [6.45, 7) is 4.83. The average Bonchev–Trinajstić information content (AvgIpc) is 2.51. The fourth-order valence-electron chi connectivity index (χ4n) is 2.31. The predicted molar refractivity (Wildman–Crippen MR) is 88.3 cm³/mol. The molecule has 1 unspecified atom stereocenters. The van der Waals surface area contributed by atoms with Crippen LogP contribution in [0.15, 0.2) is 23.1 Å². The Morgan fingerprint density at radius 2 is 2.18 bits per heavy atom. The molecule has 22 heavy (non-hydrogen) atoms. The van der Waals surface area contributed by atoms with Crippen molar-refractivity contribution in [2.75, 3.05) is 25.0 Å². The molecule has 0 spiro atoms. The molecule has 1 aliphatic heterocycles. The van der Waals surface area contributed by atoms with Gasteiger partial charge in [-0.1, -0.05) is 13.3 Å². The Morgan fingerprint density at radius 3 is 2.86 bits per heavy atom. The number of unbranched alkanes of at least 4 members (excludes halogenated alkanes) is 1. The van der Waals surface area contributed by atoms with Gasteiger partial charge in [-0.2, -0.15) is 0 Å². The summed E-state index contributed by atoms with van der Waals surface area (Å²) < 4.78 is 0. The van der Waals surface area contributed by atoms with E-state index < -0.39 is 0 Å². The number of aliphatic hydroxyl groups excluding tert-OH is 1. The maximum absolute atomic E-state index is 12.6. The Balaban J connectivity index is 2.19. The number of nitrogens with zero attached hydrogens (tertiary/aromatic N) is 1. The van der Waals surface area contributed by atoms with Crippen molar-refractivity contribution in [1.82, 2.24) is 4.90 Å². The number of carbonyl (C=O) groups is 2. The van der Waals surface area contributed by atoms with E-state index >= 15 is 0 Å². The van der Waals surface area contributed by atoms with Crippen LogP contribution in [0.2, 0.25) is 0 Å². The number of thioether (sulfide) groups is 1. The highest BCUT2D eigenvalue weighted by Crippen LogP contribution is 2.36. The molecule has 0 saturated heterocycles. The molecule has 0 radical (unpaired) electrons. The molecule has 5 nitrogen and oxygen atoms in total. The number of hydrogen-bond acceptors (Lipinski definition) is 4. The van der Waals surface area contributed by atoms with Crippen LogP contribution in [0, 0.1) is 0 Å². The molecular formula is C16H22N2O3S. The van der Waals surface area contributed by atoms with Crippen molar-refractivity contribution in [3.8, 4) is 0 Å². The number of benzene rings is 1. The third-order valence-electron chi connectivity index (χ3n) is 3.60. The minimum atomic E-state index is -0.121. The first kappa shape index (κ1) is 16.8. The highest BCUT2D eigenvalue weighted by atomic mass is 32.2. The van der Waals surface area contributed by atoms with Crippen LogP contribution in [-0.2, 0) is 4.79 Å². The average molecular weight is 322 g/mol. The van der Waals surface area contributed by atoms with E-state index in [4.69, 9.17) is 5.11 Å². The monoisotopic (exact) mass is 322 g/mol. The zero-order valence-corrected chi connectivity index (χ0v) is 13.8. The van der Waals surface area contributed by atoms with E-state index in [1.807, 2.05) is 13.0 Å². The van der Waals surface area contributed by atoms with Crippen LogP contribution in [0.5, 0.6) is 0 Å². The zero-order chi connectivity index (χ0) is 16.1. The standard InChI is InChI=1S/C16H22N2O3S/c1-3-4-7-18(8-9-19)16(21)12-5-6-14-13(10-12)17-15(20)11(2)22-14/h5-6,10-11,19H,3-4,7-9H2,1-2H3,(H,17,20). The minimum absolute atomic E-state index is 0.0414. The molecule has 6 heteroatoms. The van der Waals surface area contributed by atoms with Crippen LogP contribution in [0.1, 0.15) is 37.0 Å². The lowest BCUT2D eigenvalue weighted by Gasteiger charge is -2.24. The number of hydrogen-bond donors (Lipinski definition) is 2. The molecule has 1 aromatic carbocycles. The second kappa shape index (κ2) is 7.65. The minimum Gasteiger partial charge on any atom is -0.395 e. The lowest BCUT2D eigenvalue weighted by atomic mass is 10.1. The highest BCUT2D eigenvalue weighted by Gasteiger charge is 2.24. The number of nitrogens with one attached hydrogen (secondary N) is 1. The van der Waals surface area contributed by atoms with Crippen molar-refractivity contribution in [2.24, 2.45) is 0 Å². The van der Waals surface area contributed by atoms with Crippen LogP contribution < -0.4 is 5.32 Å². The molecule has 0 saturated carbocycles. The summed E-state index contributed by atoms with van der Waals surface area (Å²) in [5.41, 5.74) is 1.23. The smallest absolute Gasteiger partial charge is 0.254 e. The van der Waals surface area contributed by atoms with Gasteiger partial charge in [0.15, 0.2) is 0 Å². The van der Waals surface area contributed by atoms with Crippen LogP contribution in [0.4, 0.5) is 5.69 Å². The maximum atomic E-state index is 12.6. The van der Waals surface area contributed by atoms with Gasteiger partial charge in [-0.25, -0.2) is 0 Å². The predicted octanol–water partition coefficient (Wildman–Crippen LogP) is 2.35. The van der Waals surface area contributed by atoms with Gasteiger partial charge >= 0.3 is 0 Å². The highest BCUT2D eigenvalue weighted by molar-refractivity contribution is 8.00. The molecule has 1 atom stereocenters. The number of anilines is 1. The second-order valence-corrected chi connectivity index (χ2v) is 6.71. The van der Waals surface area contributed by atoms with E-state index in [-0.39, 0.29) is 23.7 Å². The lowest BCUT2D eigenvalue weighted by molar-refractivity contribution is -0.115. The van der Waals surface area contributed by atoms with Crippen molar-refractivity contribution in [3.63, 3.8) is 0 Å². The van der Waals surface area contributed by atoms with E-state index in [0.717, 1.165) is 17.7 Å². The Labute approximate surface area is 135 Å². The molecule has 0 aromatic heterocycles. The molecule has 120 valence electrons. The summed E-state index contributed by atoms with van der Waals surface area (Å²) >= 11 is 1.50. The van der Waals surface area contributed by atoms with Crippen LogP contribution in [0.3, 0.4) is 0 Å². The molecule has 0 bridgehead atoms. The van der Waals surface area contributed by atoms with Gasteiger partial charge in [0.05, 0.1) is 17.5 Å². The first-order chi connectivity index (χ1) is 10.6. The summed E-state index contributed by atoms with van der Waals surface area (Å²) in [4.78, 5) is 27.0. The first-order valence-corrected chi connectivity index (χ1v) is 8.46. The van der Waals surface area contributed by atoms with Crippen molar-refractivity contribution < 1.29 is 14.7 Å². The van der Waals surface area contributed by atoms with Gasteiger partial charge in [0.1, 0.15) is 0 Å². The number of fused-ring (bicyclic) bond motifs is 1. The molecule has 2 amide bonds. The third kappa shape index (κ3) is 3.81. The van der Waals surface area contributed by atoms with Gasteiger partial charge in [-0.3, -0.25) is 9.59 Å². The van der Waals surface area contributed by atoms with Crippen molar-refractivity contribution in [3.05, 3.63) is 23.8 Å². The number of amides is 2. The van der Waals surface area contributed by atoms with Gasteiger partial charge in [0.2, 0.25) is 5.91 Å². The van der Waals surface area contributed by atoms with Gasteiger partial charge in [-0.05, 0) is 31.5 Å². The van der Waals surface area contributed by atoms with Gasteiger partial charge in [0, 0.05) is 23.5 Å². The fraction of sp³-hybridized carbons (Fsp3) is 0.500. The molecule has 2 rings (SSSR count). The van der Waals surface area contributed by atoms with E-state index in [0.29, 0.717) is 24.3 Å². The number of carbonyl (C=O) groups excluding carboxylic acids is 2. The summed E-state index contributed by atoms with van der Waals surface area (Å²) in [5.74, 6) is -0.150. The quantitative estimate of drug-likeness (QED) is 0.843. The largest absolute Gasteiger partial charge is 0.395 e. The molecule has 1 aliphatic rings. The van der Waals surface area contributed by atoms with Gasteiger partial charge in [0.25, 0.3) is 5.91 Å². The molecular weight excluding hydrogens is 300 g/mol. The number of rotatable bonds is 6. The normalized spacial score (nSPS) is 16.9. The van der Waals surface area contributed by atoms with E-state index in [2.05, 4.69) is 12.2 Å². The third-order valence-corrected chi connectivity index (χ3v) is 4.77. The van der Waals surface area contributed by atoms with Crippen LogP contribution in [-0.4, -0.2) is 46.8 Å². The zero-order valence-electron chi connectivity index (χ0n) is 13.0. The van der Waals surface area contributed by atoms with Crippen molar-refractivity contribution in [2.45, 2.75) is 36.8 Å². The number of aliphatic hydroxyl groups is 1. The Kier molecular flexibility index (Phi) is 5.85. The van der Waals surface area contributed by atoms with Crippen molar-refractivity contribution in [1.29, 1.82) is 0 Å². The SMILES string of the molecule is CCCCN(CCO)C(=O)c1ccc2c(c1)NC(=O)C(C)S2. The van der Waals surface area contributed by atoms with Gasteiger partial charge in [-0.15, -0.1) is 11.8 Å². The first-order valence-electron chi connectivity index (χ1n) is 7.58. The Morgan fingerprint density at radius 1 is 1.41 bits per heavy atom. The van der Waals surface area contributed by atoms with E-state index in [9.17, 15) is 9.59 Å². The molecule has 2 N–H and O–H groups in total. The van der Waals surface area contributed by atoms with E-state index in [1.165, 1.54) is 11.8 Å². The fourth-order valence-corrected chi connectivity index (χ4v) is 3.24. The summed E-state index contributed by atoms with van der Waals surface area (Å²) in [7, 11) is 0. The molecule has 1 heterocycles. The molecule has 1 aromatic rings.